The van der Waals surface area contributed by atoms with Crippen LogP contribution in [0.25, 0.3) is 0 Å². The molecule has 1 N–H and O–H groups in total. The maximum absolute atomic E-state index is 10.7. The van der Waals surface area contributed by atoms with Crippen LogP contribution in [0.15, 0.2) is 53.5 Å². The molecular formula is C18H19NO4. The fraction of sp³-hybridized carbons (Fsp3) is 0.222. The Kier molecular flexibility index (Phi) is 5.74. The Morgan fingerprint density at radius 1 is 1.13 bits per heavy atom. The van der Waals surface area contributed by atoms with Crippen molar-refractivity contribution in [3.8, 4) is 11.5 Å². The number of aliphatic imine (C=N–C) groups is 1. The highest BCUT2D eigenvalue weighted by atomic mass is 16.5. The summed E-state index contributed by atoms with van der Waals surface area (Å²) in [7, 11) is 1.64. The Morgan fingerprint density at radius 3 is 2.30 bits per heavy atom. The van der Waals surface area contributed by atoms with Crippen LogP contribution in [0.2, 0.25) is 0 Å². The van der Waals surface area contributed by atoms with E-state index in [1.54, 1.807) is 25.5 Å². The van der Waals surface area contributed by atoms with Gasteiger partial charge in [-0.3, -0.25) is 4.99 Å². The van der Waals surface area contributed by atoms with Gasteiger partial charge in [0.2, 0.25) is 0 Å². The number of carbonyl (C=O) groups is 1. The third kappa shape index (κ3) is 5.14. The maximum atomic E-state index is 10.7. The van der Waals surface area contributed by atoms with Crippen LogP contribution in [0.1, 0.15) is 18.1 Å². The summed E-state index contributed by atoms with van der Waals surface area (Å²) in [6.07, 6.45) is 0.902. The van der Waals surface area contributed by atoms with Crippen LogP contribution in [-0.2, 0) is 11.3 Å². The van der Waals surface area contributed by atoms with Crippen molar-refractivity contribution in [1.29, 1.82) is 0 Å². The zero-order valence-electron chi connectivity index (χ0n) is 13.1. The summed E-state index contributed by atoms with van der Waals surface area (Å²) in [6, 6.07) is 14.9. The average molecular weight is 313 g/mol. The third-order valence-electron chi connectivity index (χ3n) is 3.21. The molecule has 120 valence electrons. The number of benzene rings is 2. The van der Waals surface area contributed by atoms with Gasteiger partial charge >= 0.3 is 5.97 Å². The molecule has 2 rings (SSSR count). The van der Waals surface area contributed by atoms with Gasteiger partial charge in [-0.2, -0.15) is 0 Å². The highest BCUT2D eigenvalue weighted by Crippen LogP contribution is 2.14. The molecule has 2 aromatic rings. The lowest BCUT2D eigenvalue weighted by atomic mass is 10.2. The molecule has 1 atom stereocenters. The molecule has 0 saturated carbocycles. The fourth-order valence-electron chi connectivity index (χ4n) is 1.87. The van der Waals surface area contributed by atoms with Crippen molar-refractivity contribution in [3.05, 3.63) is 59.7 Å². The minimum atomic E-state index is -0.991. The van der Waals surface area contributed by atoms with Gasteiger partial charge in [0.05, 0.1) is 13.7 Å². The first-order valence-corrected chi connectivity index (χ1v) is 7.21. The predicted molar refractivity (Wildman–Crippen MR) is 88.5 cm³/mol. The first-order chi connectivity index (χ1) is 11.1. The lowest BCUT2D eigenvalue weighted by molar-refractivity contribution is -0.144. The van der Waals surface area contributed by atoms with Gasteiger partial charge in [-0.25, -0.2) is 4.79 Å². The summed E-state index contributed by atoms with van der Waals surface area (Å²) in [4.78, 5) is 15.1. The van der Waals surface area contributed by atoms with Crippen LogP contribution in [0.5, 0.6) is 11.5 Å². The molecule has 0 fully saturated rings. The lowest BCUT2D eigenvalue weighted by Crippen LogP contribution is -2.22. The molecule has 0 aliphatic carbocycles. The molecule has 5 nitrogen and oxygen atoms in total. The number of aliphatic carboxylic acids is 1. The van der Waals surface area contributed by atoms with Crippen molar-refractivity contribution >= 4 is 12.2 Å². The standard InChI is InChI=1S/C18H19NO4/c1-13(18(20)21)23-17-9-5-15(6-10-17)12-19-11-14-3-7-16(22-2)8-4-14/h3-10,12-13H,11H2,1-2H3,(H,20,21)/t13-/m1/s1. The zero-order chi connectivity index (χ0) is 16.7. The minimum Gasteiger partial charge on any atom is -0.497 e. The maximum Gasteiger partial charge on any atom is 0.344 e. The van der Waals surface area contributed by atoms with Gasteiger partial charge in [-0.1, -0.05) is 12.1 Å². The second-order valence-corrected chi connectivity index (χ2v) is 4.99. The van der Waals surface area contributed by atoms with E-state index in [1.165, 1.54) is 6.92 Å². The second-order valence-electron chi connectivity index (χ2n) is 4.99. The predicted octanol–water partition coefficient (Wildman–Crippen LogP) is 3.17. The lowest BCUT2D eigenvalue weighted by Gasteiger charge is -2.09. The van der Waals surface area contributed by atoms with Gasteiger partial charge in [-0.15, -0.1) is 0 Å². The van der Waals surface area contributed by atoms with Crippen LogP contribution < -0.4 is 9.47 Å². The van der Waals surface area contributed by atoms with Crippen molar-refractivity contribution < 1.29 is 19.4 Å². The summed E-state index contributed by atoms with van der Waals surface area (Å²) in [5.41, 5.74) is 2.02. The molecule has 0 radical (unpaired) electrons. The number of hydrogen-bond donors (Lipinski definition) is 1. The SMILES string of the molecule is COc1ccc(CN=Cc2ccc(O[C@H](C)C(=O)O)cc2)cc1. The first-order valence-electron chi connectivity index (χ1n) is 7.21. The normalized spacial score (nSPS) is 12.1. The zero-order valence-corrected chi connectivity index (χ0v) is 13.1. The van der Waals surface area contributed by atoms with E-state index in [0.29, 0.717) is 12.3 Å². The molecule has 0 amide bonds. The molecule has 23 heavy (non-hydrogen) atoms. The van der Waals surface area contributed by atoms with Crippen molar-refractivity contribution in [2.24, 2.45) is 4.99 Å². The summed E-state index contributed by atoms with van der Waals surface area (Å²) >= 11 is 0. The largest absolute Gasteiger partial charge is 0.497 e. The summed E-state index contributed by atoms with van der Waals surface area (Å²) in [5.74, 6) is 0.353. The molecule has 0 bridgehead atoms. The molecule has 2 aromatic carbocycles. The Bertz CT molecular complexity index is 662. The highest BCUT2D eigenvalue weighted by Gasteiger charge is 2.11. The first kappa shape index (κ1) is 16.5. The average Bonchev–Trinajstić information content (AvgIpc) is 2.57. The van der Waals surface area contributed by atoms with E-state index in [9.17, 15) is 4.79 Å². The van der Waals surface area contributed by atoms with Crippen LogP contribution in [0.3, 0.4) is 0 Å². The summed E-state index contributed by atoms with van der Waals surface area (Å²) in [6.45, 7) is 2.07. The van der Waals surface area contributed by atoms with E-state index in [0.717, 1.165) is 16.9 Å². The Hall–Kier alpha value is -2.82. The number of ether oxygens (including phenoxy) is 2. The van der Waals surface area contributed by atoms with E-state index in [-0.39, 0.29) is 0 Å². The Balaban J connectivity index is 1.90. The van der Waals surface area contributed by atoms with Gasteiger partial charge in [0.1, 0.15) is 11.5 Å². The quantitative estimate of drug-likeness (QED) is 0.797. The van der Waals surface area contributed by atoms with Gasteiger partial charge in [0, 0.05) is 6.21 Å². The molecule has 5 heteroatoms. The topological polar surface area (TPSA) is 68.1 Å². The Morgan fingerprint density at radius 2 is 1.74 bits per heavy atom. The second kappa shape index (κ2) is 7.98. The molecule has 0 aliphatic rings. The van der Waals surface area contributed by atoms with Crippen molar-refractivity contribution in [1.82, 2.24) is 0 Å². The number of carboxylic acid groups (broad SMARTS) is 1. The van der Waals surface area contributed by atoms with Crippen LogP contribution >= 0.6 is 0 Å². The monoisotopic (exact) mass is 313 g/mol. The van der Waals surface area contributed by atoms with Gasteiger partial charge < -0.3 is 14.6 Å². The molecule has 0 aromatic heterocycles. The fourth-order valence-corrected chi connectivity index (χ4v) is 1.87. The smallest absolute Gasteiger partial charge is 0.344 e. The number of hydrogen-bond acceptors (Lipinski definition) is 4. The van der Waals surface area contributed by atoms with E-state index in [4.69, 9.17) is 14.6 Å². The molecule has 0 unspecified atom stereocenters. The Labute approximate surface area is 135 Å². The molecular weight excluding hydrogens is 294 g/mol. The molecule has 0 spiro atoms. The number of methoxy groups -OCH3 is 1. The van der Waals surface area contributed by atoms with Crippen molar-refractivity contribution in [2.75, 3.05) is 7.11 Å². The summed E-state index contributed by atoms with van der Waals surface area (Å²) < 4.78 is 10.4. The molecule has 0 saturated heterocycles. The van der Waals surface area contributed by atoms with Gasteiger partial charge in [-0.05, 0) is 54.4 Å². The molecule has 0 aliphatic heterocycles. The van der Waals surface area contributed by atoms with E-state index in [1.807, 2.05) is 36.4 Å². The van der Waals surface area contributed by atoms with Crippen LogP contribution in [0.4, 0.5) is 0 Å². The van der Waals surface area contributed by atoms with E-state index >= 15 is 0 Å². The minimum absolute atomic E-state index is 0.521. The number of carboxylic acids is 1. The van der Waals surface area contributed by atoms with Crippen LogP contribution in [-0.4, -0.2) is 30.5 Å². The van der Waals surface area contributed by atoms with E-state index in [2.05, 4.69) is 4.99 Å². The highest BCUT2D eigenvalue weighted by molar-refractivity contribution is 5.79. The summed E-state index contributed by atoms with van der Waals surface area (Å²) in [5, 5.41) is 8.80. The van der Waals surface area contributed by atoms with Gasteiger partial charge in [0.15, 0.2) is 6.10 Å². The van der Waals surface area contributed by atoms with Crippen LogP contribution in [0, 0.1) is 0 Å². The molecule has 0 heterocycles. The van der Waals surface area contributed by atoms with E-state index < -0.39 is 12.1 Å². The number of rotatable bonds is 7. The van der Waals surface area contributed by atoms with Gasteiger partial charge in [0.25, 0.3) is 0 Å². The van der Waals surface area contributed by atoms with Crippen molar-refractivity contribution in [3.63, 3.8) is 0 Å². The third-order valence-corrected chi connectivity index (χ3v) is 3.21. The van der Waals surface area contributed by atoms with Crippen molar-refractivity contribution in [2.45, 2.75) is 19.6 Å². The number of nitrogens with zero attached hydrogens (tertiary/aromatic N) is 1.